The van der Waals surface area contributed by atoms with Gasteiger partial charge in [-0.3, -0.25) is 0 Å². The molecule has 1 aromatic rings. The number of hydrogen-bond acceptors (Lipinski definition) is 1. The third-order valence-corrected chi connectivity index (χ3v) is 7.66. The van der Waals surface area contributed by atoms with Crippen LogP contribution in [0.4, 0.5) is 0 Å². The van der Waals surface area contributed by atoms with Crippen molar-refractivity contribution in [3.63, 3.8) is 0 Å². The molecule has 0 radical (unpaired) electrons. The van der Waals surface area contributed by atoms with Crippen molar-refractivity contribution < 1.29 is 5.11 Å². The largest absolute Gasteiger partial charge is 0.508 e. The van der Waals surface area contributed by atoms with E-state index in [1.54, 1.807) is 12.1 Å². The van der Waals surface area contributed by atoms with E-state index in [9.17, 15) is 5.11 Å². The summed E-state index contributed by atoms with van der Waals surface area (Å²) in [6, 6.07) is 7.64. The summed E-state index contributed by atoms with van der Waals surface area (Å²) in [5.74, 6) is 1.72. The first kappa shape index (κ1) is 17.4. The first-order valence-corrected chi connectivity index (χ1v) is 9.19. The van der Waals surface area contributed by atoms with E-state index in [1.807, 2.05) is 12.1 Å². The molecule has 0 amide bonds. The van der Waals surface area contributed by atoms with Crippen molar-refractivity contribution in [2.45, 2.75) is 70.3 Å². The minimum atomic E-state index is 0.0316. The van der Waals surface area contributed by atoms with Gasteiger partial charge in [0.15, 0.2) is 0 Å². The summed E-state index contributed by atoms with van der Waals surface area (Å²) in [5, 5.41) is 9.28. The first-order chi connectivity index (χ1) is 9.10. The van der Waals surface area contributed by atoms with Gasteiger partial charge in [-0.2, -0.15) is 0 Å². The Balaban J connectivity index is 2.44. The molecule has 0 aliphatic carbocycles. The molecule has 0 unspecified atom stereocenters. The van der Waals surface area contributed by atoms with Crippen LogP contribution in [0, 0.1) is 0 Å². The maximum atomic E-state index is 9.28. The Hall–Kier alpha value is -0.630. The molecule has 0 spiro atoms. The normalized spacial score (nSPS) is 13.4. The Kier molecular flexibility index (Phi) is 6.00. The molecular formula is C18H32OS. The van der Waals surface area contributed by atoms with Crippen molar-refractivity contribution in [1.82, 2.24) is 0 Å². The van der Waals surface area contributed by atoms with Crippen molar-refractivity contribution in [2.24, 2.45) is 0 Å². The van der Waals surface area contributed by atoms with E-state index >= 15 is 0 Å². The van der Waals surface area contributed by atoms with Crippen molar-refractivity contribution in [3.05, 3.63) is 29.8 Å². The Morgan fingerprint density at radius 1 is 0.850 bits per heavy atom. The number of aromatic hydroxyl groups is 1. The summed E-state index contributed by atoms with van der Waals surface area (Å²) in [5.41, 5.74) is 1.33. The van der Waals surface area contributed by atoms with Crippen LogP contribution in [0.2, 0.25) is 0 Å². The molecule has 0 heterocycles. The molecule has 2 heteroatoms. The fourth-order valence-corrected chi connectivity index (χ4v) is 6.83. The molecule has 1 N–H and O–H groups in total. The lowest BCUT2D eigenvalue weighted by atomic mass is 10.1. The fourth-order valence-electron chi connectivity index (χ4n) is 2.94. The van der Waals surface area contributed by atoms with Gasteiger partial charge >= 0.3 is 0 Å². The van der Waals surface area contributed by atoms with E-state index in [0.717, 1.165) is 6.42 Å². The SMILES string of the molecule is CC(C)(C)[SH](CCCCc1ccc(O)cc1)C(C)(C)C. The average molecular weight is 297 g/mol. The minimum absolute atomic E-state index is 0.0316. The lowest BCUT2D eigenvalue weighted by molar-refractivity contribution is 0.475. The highest BCUT2D eigenvalue weighted by molar-refractivity contribution is 8.19. The molecule has 1 aromatic carbocycles. The van der Waals surface area contributed by atoms with Crippen LogP contribution in [0.3, 0.4) is 0 Å². The molecule has 0 aromatic heterocycles. The summed E-state index contributed by atoms with van der Waals surface area (Å²) in [4.78, 5) is 0. The number of unbranched alkanes of at least 4 members (excludes halogenated alkanes) is 1. The molecule has 20 heavy (non-hydrogen) atoms. The number of aryl methyl sites for hydroxylation is 1. The van der Waals surface area contributed by atoms with Crippen LogP contribution in [0.15, 0.2) is 24.3 Å². The lowest BCUT2D eigenvalue weighted by Gasteiger charge is -2.45. The van der Waals surface area contributed by atoms with Crippen LogP contribution in [-0.4, -0.2) is 20.4 Å². The van der Waals surface area contributed by atoms with Crippen LogP contribution >= 0.6 is 10.9 Å². The van der Waals surface area contributed by atoms with Crippen molar-refractivity contribution >= 4 is 10.9 Å². The molecule has 0 atom stereocenters. The lowest BCUT2D eigenvalue weighted by Crippen LogP contribution is -2.30. The van der Waals surface area contributed by atoms with Gasteiger partial charge in [-0.05, 0) is 52.2 Å². The number of thiol groups is 1. The standard InChI is InChI=1S/C18H32OS/c1-17(2,3)20(18(4,5)6)14-8-7-9-15-10-12-16(19)13-11-15/h10-13,19-20H,7-9,14H2,1-6H3. The maximum absolute atomic E-state index is 9.28. The number of rotatable bonds is 5. The van der Waals surface area contributed by atoms with E-state index in [-0.39, 0.29) is 10.9 Å². The Morgan fingerprint density at radius 2 is 1.35 bits per heavy atom. The van der Waals surface area contributed by atoms with Crippen molar-refractivity contribution in [2.75, 3.05) is 5.75 Å². The van der Waals surface area contributed by atoms with E-state index < -0.39 is 0 Å². The maximum Gasteiger partial charge on any atom is 0.115 e. The smallest absolute Gasteiger partial charge is 0.115 e. The highest BCUT2D eigenvalue weighted by Gasteiger charge is 2.30. The summed E-state index contributed by atoms with van der Waals surface area (Å²) >= 11 is 0. The van der Waals surface area contributed by atoms with Gasteiger partial charge in [0.2, 0.25) is 0 Å². The molecule has 1 rings (SSSR count). The molecule has 1 nitrogen and oxygen atoms in total. The minimum Gasteiger partial charge on any atom is -0.508 e. The zero-order chi connectivity index (χ0) is 15.4. The molecule has 0 aliphatic rings. The summed E-state index contributed by atoms with van der Waals surface area (Å²) in [6.07, 6.45) is 3.68. The fraction of sp³-hybridized carbons (Fsp3) is 0.667. The van der Waals surface area contributed by atoms with Gasteiger partial charge in [0, 0.05) is 0 Å². The van der Waals surface area contributed by atoms with Gasteiger partial charge in [0.05, 0.1) is 0 Å². The van der Waals surface area contributed by atoms with Gasteiger partial charge in [0.1, 0.15) is 5.75 Å². The summed E-state index contributed by atoms with van der Waals surface area (Å²) < 4.78 is 0.873. The van der Waals surface area contributed by atoms with E-state index in [1.165, 1.54) is 24.2 Å². The quantitative estimate of drug-likeness (QED) is 0.557. The monoisotopic (exact) mass is 296 g/mol. The predicted octanol–water partition coefficient (Wildman–Crippen LogP) is 5.31. The van der Waals surface area contributed by atoms with Gasteiger partial charge in [-0.15, -0.1) is 0 Å². The third-order valence-electron chi connectivity index (χ3n) is 3.65. The third kappa shape index (κ3) is 5.78. The Morgan fingerprint density at radius 3 is 1.80 bits per heavy atom. The van der Waals surface area contributed by atoms with Gasteiger partial charge in [0.25, 0.3) is 0 Å². The van der Waals surface area contributed by atoms with Gasteiger partial charge < -0.3 is 5.11 Å². The summed E-state index contributed by atoms with van der Waals surface area (Å²) in [7, 11) is 0.0316. The second-order valence-corrected chi connectivity index (χ2v) is 11.6. The van der Waals surface area contributed by atoms with E-state index in [4.69, 9.17) is 0 Å². The van der Waals surface area contributed by atoms with Crippen LogP contribution in [0.1, 0.15) is 59.9 Å². The Bertz CT molecular complexity index is 381. The van der Waals surface area contributed by atoms with Crippen LogP contribution in [0.5, 0.6) is 5.75 Å². The topological polar surface area (TPSA) is 20.2 Å². The van der Waals surface area contributed by atoms with Crippen LogP contribution in [0.25, 0.3) is 0 Å². The predicted molar refractivity (Wildman–Crippen MR) is 94.4 cm³/mol. The molecule has 116 valence electrons. The highest BCUT2D eigenvalue weighted by atomic mass is 32.2. The van der Waals surface area contributed by atoms with E-state index in [0.29, 0.717) is 15.2 Å². The number of benzene rings is 1. The number of phenols is 1. The van der Waals surface area contributed by atoms with E-state index in [2.05, 4.69) is 41.5 Å². The molecule has 0 aliphatic heterocycles. The average Bonchev–Trinajstić information content (AvgIpc) is 2.27. The number of phenolic OH excluding ortho intramolecular Hbond substituents is 1. The second-order valence-electron chi connectivity index (χ2n) is 7.62. The summed E-state index contributed by atoms with van der Waals surface area (Å²) in [6.45, 7) is 14.4. The first-order valence-electron chi connectivity index (χ1n) is 7.66. The molecule has 0 bridgehead atoms. The van der Waals surface area contributed by atoms with Crippen molar-refractivity contribution in [1.29, 1.82) is 0 Å². The molecule has 0 saturated heterocycles. The highest BCUT2D eigenvalue weighted by Crippen LogP contribution is 2.51. The van der Waals surface area contributed by atoms with Gasteiger partial charge in [-0.25, -0.2) is 10.9 Å². The van der Waals surface area contributed by atoms with Gasteiger partial charge in [-0.1, -0.05) is 53.7 Å². The molecular weight excluding hydrogens is 264 g/mol. The van der Waals surface area contributed by atoms with Crippen LogP contribution < -0.4 is 0 Å². The second kappa shape index (κ2) is 6.89. The Labute approximate surface area is 128 Å². The molecule has 0 saturated carbocycles. The molecule has 0 fully saturated rings. The van der Waals surface area contributed by atoms with Crippen molar-refractivity contribution in [3.8, 4) is 5.75 Å². The number of hydrogen-bond donors (Lipinski definition) is 2. The van der Waals surface area contributed by atoms with Crippen LogP contribution in [-0.2, 0) is 6.42 Å². The zero-order valence-electron chi connectivity index (χ0n) is 14.0. The zero-order valence-corrected chi connectivity index (χ0v) is 14.9.